The highest BCUT2D eigenvalue weighted by Crippen LogP contribution is 2.20. The van der Waals surface area contributed by atoms with Crippen LogP contribution in [0.5, 0.6) is 0 Å². The van der Waals surface area contributed by atoms with E-state index in [9.17, 15) is 9.18 Å². The molecule has 0 aliphatic carbocycles. The molecule has 2 aromatic rings. The van der Waals surface area contributed by atoms with Gasteiger partial charge in [-0.15, -0.1) is 0 Å². The van der Waals surface area contributed by atoms with Crippen molar-refractivity contribution in [2.75, 3.05) is 0 Å². The van der Waals surface area contributed by atoms with Crippen LogP contribution in [0.1, 0.15) is 0 Å². The zero-order valence-corrected chi connectivity index (χ0v) is 9.65. The molecule has 0 radical (unpaired) electrons. The zero-order valence-electron chi connectivity index (χ0n) is 7.25. The molecule has 4 nitrogen and oxygen atoms in total. The van der Waals surface area contributed by atoms with Gasteiger partial charge in [-0.2, -0.15) is 0 Å². The summed E-state index contributed by atoms with van der Waals surface area (Å²) >= 11 is 8.07. The maximum atomic E-state index is 12.8. The fourth-order valence-corrected chi connectivity index (χ4v) is 1.95. The molecule has 15 heavy (non-hydrogen) atoms. The second-order valence-electron chi connectivity index (χ2n) is 2.79. The highest BCUT2D eigenvalue weighted by atomic mass is 79.9. The van der Waals surface area contributed by atoms with Gasteiger partial charge >= 0.3 is 5.69 Å². The van der Waals surface area contributed by atoms with Gasteiger partial charge in [0.25, 0.3) is 0 Å². The molecule has 0 aliphatic rings. The average Bonchev–Trinajstić information content (AvgIpc) is 2.48. The zero-order chi connectivity index (χ0) is 11.0. The van der Waals surface area contributed by atoms with Crippen molar-refractivity contribution >= 4 is 28.1 Å². The van der Waals surface area contributed by atoms with Crippen molar-refractivity contribution in [2.24, 2.45) is 0 Å². The molecule has 2 N–H and O–H groups in total. The molecule has 0 amide bonds. The normalized spacial score (nSPS) is 10.5. The third-order valence-corrected chi connectivity index (χ3v) is 2.75. The molecular weight excluding hydrogens is 285 g/mol. The van der Waals surface area contributed by atoms with Gasteiger partial charge in [-0.25, -0.2) is 18.9 Å². The molecule has 0 bridgehead atoms. The van der Waals surface area contributed by atoms with Crippen molar-refractivity contribution in [1.29, 1.82) is 0 Å². The number of H-pyrrole nitrogens is 2. The summed E-state index contributed by atoms with van der Waals surface area (Å²) in [6, 6.07) is 4.00. The van der Waals surface area contributed by atoms with Crippen LogP contribution in [0.15, 0.2) is 27.5 Å². The van der Waals surface area contributed by atoms with Gasteiger partial charge in [0, 0.05) is 4.47 Å². The molecule has 0 aliphatic heterocycles. The molecule has 0 saturated carbocycles. The van der Waals surface area contributed by atoms with Crippen LogP contribution < -0.4 is 5.69 Å². The van der Waals surface area contributed by atoms with Gasteiger partial charge in [0.2, 0.25) is 4.77 Å². The smallest absolute Gasteiger partial charge is 0.272 e. The number of aromatic amines is 2. The molecule has 0 saturated heterocycles. The Bertz CT molecular complexity index is 587. The van der Waals surface area contributed by atoms with Gasteiger partial charge in [0.05, 0.1) is 5.69 Å². The Labute approximate surface area is 96.9 Å². The van der Waals surface area contributed by atoms with Gasteiger partial charge in [-0.05, 0) is 46.3 Å². The van der Waals surface area contributed by atoms with Crippen molar-refractivity contribution in [2.45, 2.75) is 0 Å². The third kappa shape index (κ3) is 1.80. The number of halogens is 2. The molecule has 7 heteroatoms. The van der Waals surface area contributed by atoms with Gasteiger partial charge < -0.3 is 0 Å². The van der Waals surface area contributed by atoms with Crippen molar-refractivity contribution < 1.29 is 4.39 Å². The van der Waals surface area contributed by atoms with Crippen LogP contribution in [0, 0.1) is 10.6 Å². The van der Waals surface area contributed by atoms with Crippen molar-refractivity contribution in [3.8, 4) is 5.69 Å². The quantitative estimate of drug-likeness (QED) is 0.790. The summed E-state index contributed by atoms with van der Waals surface area (Å²) in [5.41, 5.74) is 0.0937. The summed E-state index contributed by atoms with van der Waals surface area (Å²) < 4.78 is 14.8. The van der Waals surface area contributed by atoms with Gasteiger partial charge in [-0.1, -0.05) is 0 Å². The molecule has 1 aromatic carbocycles. The first kappa shape index (κ1) is 10.3. The van der Waals surface area contributed by atoms with Crippen LogP contribution in [0.4, 0.5) is 4.39 Å². The monoisotopic (exact) mass is 289 g/mol. The van der Waals surface area contributed by atoms with Crippen molar-refractivity contribution in [1.82, 2.24) is 14.8 Å². The molecule has 1 heterocycles. The fraction of sp³-hybridized carbons (Fsp3) is 0. The van der Waals surface area contributed by atoms with E-state index in [1.165, 1.54) is 22.8 Å². The lowest BCUT2D eigenvalue weighted by atomic mass is 10.3. The number of benzene rings is 1. The van der Waals surface area contributed by atoms with Crippen LogP contribution in [-0.4, -0.2) is 14.8 Å². The van der Waals surface area contributed by atoms with E-state index in [0.717, 1.165) is 0 Å². The summed E-state index contributed by atoms with van der Waals surface area (Å²) in [7, 11) is 0. The molecule has 0 unspecified atom stereocenters. The minimum atomic E-state index is -0.396. The highest BCUT2D eigenvalue weighted by Gasteiger charge is 2.07. The predicted octanol–water partition coefficient (Wildman–Crippen LogP) is 2.12. The third-order valence-electron chi connectivity index (χ3n) is 1.83. The van der Waals surface area contributed by atoms with E-state index in [-0.39, 0.29) is 10.6 Å². The van der Waals surface area contributed by atoms with E-state index in [1.807, 2.05) is 0 Å². The first-order chi connectivity index (χ1) is 7.09. The Hall–Kier alpha value is -1.21. The molecule has 2 rings (SSSR count). The van der Waals surface area contributed by atoms with Crippen molar-refractivity contribution in [3.63, 3.8) is 0 Å². The van der Waals surface area contributed by atoms with E-state index in [0.29, 0.717) is 10.2 Å². The lowest BCUT2D eigenvalue weighted by Gasteiger charge is -2.02. The Morgan fingerprint density at radius 2 is 2.13 bits per heavy atom. The molecule has 0 atom stereocenters. The van der Waals surface area contributed by atoms with Gasteiger partial charge in [-0.3, -0.25) is 5.10 Å². The minimum absolute atomic E-state index is 0.229. The Morgan fingerprint density at radius 1 is 1.40 bits per heavy atom. The van der Waals surface area contributed by atoms with Crippen LogP contribution in [0.3, 0.4) is 0 Å². The molecule has 78 valence electrons. The second-order valence-corrected chi connectivity index (χ2v) is 4.03. The number of hydrogen-bond donors (Lipinski definition) is 2. The summed E-state index contributed by atoms with van der Waals surface area (Å²) in [6.45, 7) is 0. The first-order valence-electron chi connectivity index (χ1n) is 3.95. The van der Waals surface area contributed by atoms with Crippen molar-refractivity contribution in [3.05, 3.63) is 43.7 Å². The van der Waals surface area contributed by atoms with Gasteiger partial charge in [0.1, 0.15) is 5.82 Å². The number of aromatic nitrogens is 3. The van der Waals surface area contributed by atoms with E-state index < -0.39 is 5.69 Å². The first-order valence-corrected chi connectivity index (χ1v) is 5.15. The highest BCUT2D eigenvalue weighted by molar-refractivity contribution is 9.10. The molecule has 0 spiro atoms. The topological polar surface area (TPSA) is 53.6 Å². The lowest BCUT2D eigenvalue weighted by molar-refractivity contribution is 0.626. The van der Waals surface area contributed by atoms with E-state index in [1.54, 1.807) is 0 Å². The van der Waals surface area contributed by atoms with Crippen LogP contribution in [0.25, 0.3) is 5.69 Å². The Morgan fingerprint density at radius 3 is 2.67 bits per heavy atom. The molecule has 0 fully saturated rings. The molecular formula is C8H5BrFN3OS. The Kier molecular flexibility index (Phi) is 2.57. The van der Waals surface area contributed by atoms with Gasteiger partial charge in [0.15, 0.2) is 0 Å². The minimum Gasteiger partial charge on any atom is -0.272 e. The van der Waals surface area contributed by atoms with E-state index >= 15 is 0 Å². The number of hydrogen-bond acceptors (Lipinski definition) is 2. The number of nitrogens with zero attached hydrogens (tertiary/aromatic N) is 1. The maximum absolute atomic E-state index is 12.8. The average molecular weight is 290 g/mol. The summed E-state index contributed by atoms with van der Waals surface area (Å²) in [5, 5.41) is 4.84. The SMILES string of the molecule is O=c1[nH][nH]c(=S)n1-c1ccc(F)cc1Br. The lowest BCUT2D eigenvalue weighted by Crippen LogP contribution is -2.15. The maximum Gasteiger partial charge on any atom is 0.347 e. The van der Waals surface area contributed by atoms with E-state index in [2.05, 4.69) is 26.1 Å². The van der Waals surface area contributed by atoms with Crippen LogP contribution in [0.2, 0.25) is 0 Å². The Balaban J connectivity index is 2.75. The second kappa shape index (κ2) is 3.74. The molecule has 1 aromatic heterocycles. The summed E-state index contributed by atoms with van der Waals surface area (Å²) in [4.78, 5) is 11.4. The number of rotatable bonds is 1. The van der Waals surface area contributed by atoms with Crippen LogP contribution >= 0.6 is 28.1 Å². The number of nitrogens with one attached hydrogen (secondary N) is 2. The largest absolute Gasteiger partial charge is 0.347 e. The van der Waals surface area contributed by atoms with E-state index in [4.69, 9.17) is 12.2 Å². The summed E-state index contributed by atoms with van der Waals surface area (Å²) in [5.74, 6) is -0.385. The standard InChI is InChI=1S/C8H5BrFN3OS/c9-5-3-4(10)1-2-6(5)13-7(14)11-12-8(13)15/h1-3H,(H,11,14)(H,12,15). The fourth-order valence-electron chi connectivity index (χ4n) is 1.19. The predicted molar refractivity (Wildman–Crippen MR) is 59.2 cm³/mol. The van der Waals surface area contributed by atoms with Crippen LogP contribution in [-0.2, 0) is 0 Å². The summed E-state index contributed by atoms with van der Waals surface area (Å²) in [6.07, 6.45) is 0.